The zero-order chi connectivity index (χ0) is 22.3. The summed E-state index contributed by atoms with van der Waals surface area (Å²) in [6.07, 6.45) is -5.18. The predicted molar refractivity (Wildman–Crippen MR) is 97.3 cm³/mol. The summed E-state index contributed by atoms with van der Waals surface area (Å²) in [6, 6.07) is 0. The molecule has 2 aromatic heterocycles. The number of anilines is 1. The molecular weight excluding hydrogens is 477 g/mol. The fourth-order valence-corrected chi connectivity index (χ4v) is 4.27. The Morgan fingerprint density at radius 1 is 1.29 bits per heavy atom. The van der Waals surface area contributed by atoms with Crippen LogP contribution in [0.2, 0.25) is 0 Å². The molecule has 0 aliphatic carbocycles. The number of rotatable bonds is 7. The van der Waals surface area contributed by atoms with Gasteiger partial charge in [-0.3, -0.25) is 9.09 Å². The molecule has 2 aromatic rings. The van der Waals surface area contributed by atoms with Crippen molar-refractivity contribution in [3.8, 4) is 0 Å². The zero-order valence-corrected chi connectivity index (χ0v) is 19.3. The van der Waals surface area contributed by atoms with E-state index in [0.29, 0.717) is 0 Å². The number of nitrogens with zero attached hydrogens (tertiary/aromatic N) is 6. The molecule has 31 heavy (non-hydrogen) atoms. The van der Waals surface area contributed by atoms with Gasteiger partial charge in [-0.1, -0.05) is 0 Å². The van der Waals surface area contributed by atoms with Crippen LogP contribution in [0.25, 0.3) is 11.2 Å². The maximum atomic E-state index is 11.6. The molecular formula is C10H15N8NaO10P2+. The molecule has 8 N–H and O–H groups in total. The maximum absolute atomic E-state index is 11.6. The van der Waals surface area contributed by atoms with Crippen molar-refractivity contribution in [3.05, 3.63) is 6.33 Å². The number of phosphoric acid groups is 2. The average Bonchev–Trinajstić information content (AvgIpc) is 3.11. The monoisotopic (exact) mass is 492 g/mol. The van der Waals surface area contributed by atoms with Crippen LogP contribution in [-0.2, 0) is 22.7 Å². The third-order valence-electron chi connectivity index (χ3n) is 3.83. The van der Waals surface area contributed by atoms with Gasteiger partial charge >= 0.3 is 21.6 Å². The predicted octanol–water partition coefficient (Wildman–Crippen LogP) is -1.94. The molecule has 21 heteroatoms. The second-order valence-electron chi connectivity index (χ2n) is 5.80. The van der Waals surface area contributed by atoms with Crippen molar-refractivity contribution in [2.45, 2.75) is 24.5 Å². The largest absolute Gasteiger partial charge is 0.481 e. The van der Waals surface area contributed by atoms with E-state index < -0.39 is 46.8 Å². The Balaban J connectivity index is 0.00000341. The van der Waals surface area contributed by atoms with E-state index in [0.717, 1.165) is 10.9 Å². The maximum Gasteiger partial charge on any atom is 0.481 e. The van der Waals surface area contributed by atoms with Crippen molar-refractivity contribution >= 4 is 68.1 Å². The van der Waals surface area contributed by atoms with Crippen LogP contribution in [-0.4, -0.2) is 98.9 Å². The molecule has 1 aliphatic heterocycles. The number of fused-ring (bicyclic) bond motifs is 1. The molecule has 3 rings (SSSR count). The van der Waals surface area contributed by atoms with Gasteiger partial charge in [0.05, 0.1) is 6.61 Å². The van der Waals surface area contributed by atoms with Gasteiger partial charge in [0.25, 0.3) is 0 Å². The fraction of sp³-hybridized carbons (Fsp3) is 0.500. The molecule has 0 bridgehead atoms. The molecule has 0 amide bonds. The minimum atomic E-state index is -5.34. The first-order valence-corrected chi connectivity index (χ1v) is 10.8. The summed E-state index contributed by atoms with van der Waals surface area (Å²) in [5.41, 5.74) is 12.7. The Bertz CT molecular complexity index is 1100. The van der Waals surface area contributed by atoms with Crippen LogP contribution < -0.4 is 10.6 Å². The number of nitrogen functional groups attached to an aromatic ring is 1. The molecule has 5 atom stereocenters. The second-order valence-corrected chi connectivity index (χ2v) is 8.63. The van der Waals surface area contributed by atoms with Crippen LogP contribution in [0.4, 0.5) is 11.8 Å². The Kier molecular flexibility index (Phi) is 8.19. The molecule has 1 saturated heterocycles. The van der Waals surface area contributed by atoms with Gasteiger partial charge in [0, 0.05) is 29.6 Å². The van der Waals surface area contributed by atoms with Gasteiger partial charge in [0.1, 0.15) is 30.2 Å². The molecule has 18 nitrogen and oxygen atoms in total. The van der Waals surface area contributed by atoms with Crippen LogP contribution in [0.1, 0.15) is 6.23 Å². The van der Waals surface area contributed by atoms with Crippen molar-refractivity contribution in [3.63, 3.8) is 0 Å². The van der Waals surface area contributed by atoms with E-state index in [-0.39, 0.29) is 52.5 Å². The molecule has 0 aromatic carbocycles. The van der Waals surface area contributed by atoms with Crippen molar-refractivity contribution < 1.29 is 47.6 Å². The van der Waals surface area contributed by atoms with E-state index in [9.17, 15) is 24.2 Å². The smallest absolute Gasteiger partial charge is 0.387 e. The van der Waals surface area contributed by atoms with E-state index in [2.05, 4.69) is 33.8 Å². The number of hydrogen-bond acceptors (Lipinski definition) is 13. The van der Waals surface area contributed by atoms with Crippen LogP contribution in [0.15, 0.2) is 11.4 Å². The molecule has 3 heterocycles. The molecule has 0 saturated carbocycles. The number of nitrogens with one attached hydrogen (secondary N) is 1. The number of nitrogens with two attached hydrogens (primary N) is 1. The number of aliphatic hydroxyl groups is 2. The zero-order valence-electron chi connectivity index (χ0n) is 15.5. The molecule has 5 unspecified atom stereocenters. The Hall–Kier alpha value is -1.20. The minimum Gasteiger partial charge on any atom is -0.387 e. The first-order chi connectivity index (χ1) is 13.9. The molecule has 1 radical (unpaired) electrons. The summed E-state index contributed by atoms with van der Waals surface area (Å²) in [5.74, 6) is -0.327. The van der Waals surface area contributed by atoms with Crippen molar-refractivity contribution in [1.82, 2.24) is 24.4 Å². The minimum absolute atomic E-state index is 0. The summed E-state index contributed by atoms with van der Waals surface area (Å²) in [5, 5.41) is 24.0. The number of hydrogen-bond donors (Lipinski definition) is 7. The molecule has 0 spiro atoms. The first-order valence-electron chi connectivity index (χ1n) is 7.75. The Morgan fingerprint density at radius 2 is 1.97 bits per heavy atom. The van der Waals surface area contributed by atoms with Gasteiger partial charge in [-0.05, 0) is 0 Å². The van der Waals surface area contributed by atoms with Gasteiger partial charge in [-0.2, -0.15) is 9.29 Å². The third kappa shape index (κ3) is 5.78. The van der Waals surface area contributed by atoms with Gasteiger partial charge < -0.3 is 35.4 Å². The van der Waals surface area contributed by atoms with Crippen LogP contribution in [0, 0.1) is 5.53 Å². The van der Waals surface area contributed by atoms with Crippen molar-refractivity contribution in [2.75, 3.05) is 12.3 Å². The number of imidazole rings is 1. The standard InChI is InChI=1S/C10H14N8O10P2.Na/c11-7-4-8(14-2-13-7)18(10(15-4)16-17-12)9-6(20)5(19)3(27-9)1-26-30(24,25)28-29(21,22)23;/h2-3,5-6,9,11-12,19-20H,1H2,(H3,21,22,23,24,25);/p+1. The van der Waals surface area contributed by atoms with Gasteiger partial charge in [0.2, 0.25) is 4.91 Å². The fourth-order valence-electron chi connectivity index (χ4n) is 2.67. The van der Waals surface area contributed by atoms with E-state index in [1.807, 2.05) is 0 Å². The first kappa shape index (κ1) is 26.1. The number of ether oxygens (including phenoxy) is 1. The molecule has 1 fully saturated rings. The Labute approximate surface area is 193 Å². The SMILES string of the molecule is N=[N+]=Nc1nc2c(N)ncnc2n1C1OC(COP(=O)(O)OP(=O)(O)O)C(O)C1O.[Na]. The van der Waals surface area contributed by atoms with Gasteiger partial charge in [-0.15, -0.1) is 0 Å². The summed E-state index contributed by atoms with van der Waals surface area (Å²) in [4.78, 5) is 41.1. The van der Waals surface area contributed by atoms with Gasteiger partial charge in [-0.25, -0.2) is 19.1 Å². The second kappa shape index (κ2) is 9.74. The Morgan fingerprint density at radius 3 is 2.58 bits per heavy atom. The summed E-state index contributed by atoms with van der Waals surface area (Å²) < 4.78 is 36.8. The van der Waals surface area contributed by atoms with Crippen LogP contribution >= 0.6 is 15.6 Å². The van der Waals surface area contributed by atoms with E-state index in [4.69, 9.17) is 25.8 Å². The molecule has 1 aliphatic rings. The van der Waals surface area contributed by atoms with E-state index in [1.165, 1.54) is 0 Å². The van der Waals surface area contributed by atoms with E-state index >= 15 is 0 Å². The number of aromatic nitrogens is 4. The average molecular weight is 492 g/mol. The summed E-state index contributed by atoms with van der Waals surface area (Å²) in [6.45, 7) is -0.901. The van der Waals surface area contributed by atoms with Gasteiger partial charge in [0.15, 0.2) is 28.3 Å². The van der Waals surface area contributed by atoms with Crippen LogP contribution in [0.3, 0.4) is 0 Å². The van der Waals surface area contributed by atoms with E-state index in [1.54, 1.807) is 0 Å². The summed E-state index contributed by atoms with van der Waals surface area (Å²) in [7, 11) is -10.6. The number of aliphatic hydroxyl groups excluding tert-OH is 2. The van der Waals surface area contributed by atoms with Crippen molar-refractivity contribution in [1.29, 1.82) is 5.53 Å². The quantitative estimate of drug-likeness (QED) is 0.0958. The van der Waals surface area contributed by atoms with Crippen molar-refractivity contribution in [2.24, 2.45) is 5.11 Å². The normalized spacial score (nSPS) is 25.6. The number of phosphoric ester groups is 1. The van der Waals surface area contributed by atoms with Crippen LogP contribution in [0.5, 0.6) is 0 Å². The topological polar surface area (TPSA) is 283 Å². The molecule has 165 valence electrons. The third-order valence-corrected chi connectivity index (χ3v) is 5.98. The summed E-state index contributed by atoms with van der Waals surface area (Å²) >= 11 is 0.